The highest BCUT2D eigenvalue weighted by molar-refractivity contribution is 5.51. The minimum Gasteiger partial charge on any atom is -0.368 e. The largest absolute Gasteiger partial charge is 0.416 e. The first-order valence-electron chi connectivity index (χ1n) is 7.18. The van der Waals surface area contributed by atoms with Gasteiger partial charge in [0.1, 0.15) is 0 Å². The molecule has 1 aliphatic heterocycles. The SMILES string of the molecule is Cn1nc(N)nc1N1CCN(c2cccc(C(F)(F)F)c2)CC1. The number of benzene rings is 1. The summed E-state index contributed by atoms with van der Waals surface area (Å²) in [6, 6.07) is 5.41. The second kappa shape index (κ2) is 5.64. The molecule has 1 aliphatic rings. The lowest BCUT2D eigenvalue weighted by Crippen LogP contribution is -2.47. The van der Waals surface area contributed by atoms with E-state index < -0.39 is 11.7 Å². The molecule has 9 heteroatoms. The molecule has 23 heavy (non-hydrogen) atoms. The van der Waals surface area contributed by atoms with Crippen LogP contribution in [-0.2, 0) is 13.2 Å². The lowest BCUT2D eigenvalue weighted by Gasteiger charge is -2.36. The zero-order chi connectivity index (χ0) is 16.6. The summed E-state index contributed by atoms with van der Waals surface area (Å²) in [7, 11) is 1.76. The average molecular weight is 326 g/mol. The molecule has 6 nitrogen and oxygen atoms in total. The number of piperazine rings is 1. The van der Waals surface area contributed by atoms with Gasteiger partial charge in [0.05, 0.1) is 5.56 Å². The number of alkyl halides is 3. The molecular weight excluding hydrogens is 309 g/mol. The average Bonchev–Trinajstić information content (AvgIpc) is 2.85. The first-order valence-corrected chi connectivity index (χ1v) is 7.18. The number of anilines is 3. The van der Waals surface area contributed by atoms with Crippen LogP contribution in [0, 0.1) is 0 Å². The van der Waals surface area contributed by atoms with Gasteiger partial charge in [-0.05, 0) is 18.2 Å². The summed E-state index contributed by atoms with van der Waals surface area (Å²) in [4.78, 5) is 8.12. The Morgan fingerprint density at radius 1 is 1.09 bits per heavy atom. The molecule has 0 amide bonds. The molecule has 2 aromatic rings. The Kier molecular flexibility index (Phi) is 3.78. The second-order valence-corrected chi connectivity index (χ2v) is 5.42. The van der Waals surface area contributed by atoms with Crippen molar-refractivity contribution in [1.82, 2.24) is 14.8 Å². The van der Waals surface area contributed by atoms with Gasteiger partial charge in [0, 0.05) is 38.9 Å². The highest BCUT2D eigenvalue weighted by Gasteiger charge is 2.31. The summed E-state index contributed by atoms with van der Waals surface area (Å²) >= 11 is 0. The van der Waals surface area contributed by atoms with Crippen LogP contribution in [0.2, 0.25) is 0 Å². The van der Waals surface area contributed by atoms with Crippen molar-refractivity contribution in [3.63, 3.8) is 0 Å². The Labute approximate surface area is 131 Å². The maximum Gasteiger partial charge on any atom is 0.416 e. The molecule has 2 N–H and O–H groups in total. The van der Waals surface area contributed by atoms with E-state index in [0.717, 1.165) is 6.07 Å². The molecule has 0 bridgehead atoms. The molecule has 3 rings (SSSR count). The van der Waals surface area contributed by atoms with E-state index in [2.05, 4.69) is 10.1 Å². The van der Waals surface area contributed by atoms with Gasteiger partial charge in [-0.25, -0.2) is 4.68 Å². The molecule has 0 unspecified atom stereocenters. The number of aromatic nitrogens is 3. The molecule has 0 atom stereocenters. The van der Waals surface area contributed by atoms with Crippen LogP contribution in [0.1, 0.15) is 5.56 Å². The molecule has 124 valence electrons. The van der Waals surface area contributed by atoms with E-state index in [1.807, 2.05) is 9.80 Å². The van der Waals surface area contributed by atoms with E-state index in [1.165, 1.54) is 12.1 Å². The standard InChI is InChI=1S/C14H17F3N6/c1-21-13(19-12(18)20-21)23-7-5-22(6-8-23)11-4-2-3-10(9-11)14(15,16)17/h2-4,9H,5-8H2,1H3,(H2,18,20). The molecule has 1 aromatic heterocycles. The molecular formula is C14H17F3N6. The number of aryl methyl sites for hydroxylation is 1. The van der Waals surface area contributed by atoms with Crippen molar-refractivity contribution in [2.45, 2.75) is 6.18 Å². The third kappa shape index (κ3) is 3.17. The van der Waals surface area contributed by atoms with Crippen molar-refractivity contribution in [2.24, 2.45) is 7.05 Å². The summed E-state index contributed by atoms with van der Waals surface area (Å²) in [5, 5.41) is 4.01. The molecule has 0 aliphatic carbocycles. The van der Waals surface area contributed by atoms with Crippen LogP contribution in [0.15, 0.2) is 24.3 Å². The van der Waals surface area contributed by atoms with Crippen molar-refractivity contribution in [1.29, 1.82) is 0 Å². The van der Waals surface area contributed by atoms with Crippen LogP contribution in [0.3, 0.4) is 0 Å². The lowest BCUT2D eigenvalue weighted by atomic mass is 10.1. The normalized spacial score (nSPS) is 16.0. The fraction of sp³-hybridized carbons (Fsp3) is 0.429. The van der Waals surface area contributed by atoms with E-state index in [-0.39, 0.29) is 5.95 Å². The van der Waals surface area contributed by atoms with Gasteiger partial charge in [-0.3, -0.25) is 0 Å². The van der Waals surface area contributed by atoms with Gasteiger partial charge in [-0.15, -0.1) is 5.10 Å². The fourth-order valence-electron chi connectivity index (χ4n) is 2.71. The van der Waals surface area contributed by atoms with Crippen LogP contribution in [0.4, 0.5) is 30.8 Å². The number of hydrogen-bond acceptors (Lipinski definition) is 5. The maximum atomic E-state index is 12.8. The summed E-state index contributed by atoms with van der Waals surface area (Å²) < 4.78 is 40.0. The number of nitrogen functional groups attached to an aromatic ring is 1. The van der Waals surface area contributed by atoms with Gasteiger partial charge in [0.2, 0.25) is 11.9 Å². The molecule has 0 saturated carbocycles. The third-order valence-corrected chi connectivity index (χ3v) is 3.86. The smallest absolute Gasteiger partial charge is 0.368 e. The number of hydrogen-bond donors (Lipinski definition) is 1. The van der Waals surface area contributed by atoms with Crippen LogP contribution in [0.25, 0.3) is 0 Å². The summed E-state index contributed by atoms with van der Waals surface area (Å²) in [5.41, 5.74) is 5.53. The predicted molar refractivity (Wildman–Crippen MR) is 81.3 cm³/mol. The van der Waals surface area contributed by atoms with E-state index in [4.69, 9.17) is 5.73 Å². The Hall–Kier alpha value is -2.45. The van der Waals surface area contributed by atoms with Crippen molar-refractivity contribution >= 4 is 17.6 Å². The van der Waals surface area contributed by atoms with Gasteiger partial charge in [0.25, 0.3) is 0 Å². The van der Waals surface area contributed by atoms with Crippen molar-refractivity contribution in [3.8, 4) is 0 Å². The minimum absolute atomic E-state index is 0.211. The van der Waals surface area contributed by atoms with Gasteiger partial charge in [-0.2, -0.15) is 18.2 Å². The number of halogens is 3. The molecule has 2 heterocycles. The van der Waals surface area contributed by atoms with Crippen LogP contribution < -0.4 is 15.5 Å². The topological polar surface area (TPSA) is 63.2 Å². The third-order valence-electron chi connectivity index (χ3n) is 3.86. The zero-order valence-electron chi connectivity index (χ0n) is 12.6. The maximum absolute atomic E-state index is 12.8. The highest BCUT2D eigenvalue weighted by atomic mass is 19.4. The monoisotopic (exact) mass is 326 g/mol. The molecule has 0 radical (unpaired) electrons. The van der Waals surface area contributed by atoms with Gasteiger partial charge >= 0.3 is 6.18 Å². The van der Waals surface area contributed by atoms with E-state index in [0.29, 0.717) is 37.8 Å². The van der Waals surface area contributed by atoms with Crippen molar-refractivity contribution < 1.29 is 13.2 Å². The number of nitrogens with two attached hydrogens (primary N) is 1. The van der Waals surface area contributed by atoms with Gasteiger partial charge in [-0.1, -0.05) is 6.07 Å². The predicted octanol–water partition coefficient (Wildman–Crippen LogP) is 1.74. The molecule has 0 spiro atoms. The lowest BCUT2D eigenvalue weighted by molar-refractivity contribution is -0.137. The molecule has 1 aromatic carbocycles. The highest BCUT2D eigenvalue weighted by Crippen LogP contribution is 2.32. The number of rotatable bonds is 2. The fourth-order valence-corrected chi connectivity index (χ4v) is 2.71. The van der Waals surface area contributed by atoms with E-state index in [9.17, 15) is 13.2 Å². The first kappa shape index (κ1) is 15.4. The Balaban J connectivity index is 1.71. The Morgan fingerprint density at radius 2 is 1.74 bits per heavy atom. The molecule has 1 fully saturated rings. The van der Waals surface area contributed by atoms with Crippen LogP contribution >= 0.6 is 0 Å². The summed E-state index contributed by atoms with van der Waals surface area (Å²) in [6.45, 7) is 2.49. The van der Waals surface area contributed by atoms with Crippen molar-refractivity contribution in [3.05, 3.63) is 29.8 Å². The van der Waals surface area contributed by atoms with E-state index in [1.54, 1.807) is 17.8 Å². The van der Waals surface area contributed by atoms with E-state index >= 15 is 0 Å². The zero-order valence-corrected chi connectivity index (χ0v) is 12.6. The van der Waals surface area contributed by atoms with Crippen molar-refractivity contribution in [2.75, 3.05) is 41.7 Å². The van der Waals surface area contributed by atoms with Gasteiger partial charge < -0.3 is 15.5 Å². The number of nitrogens with zero attached hydrogens (tertiary/aromatic N) is 5. The quantitative estimate of drug-likeness (QED) is 0.911. The Morgan fingerprint density at radius 3 is 2.30 bits per heavy atom. The second-order valence-electron chi connectivity index (χ2n) is 5.42. The first-order chi connectivity index (χ1) is 10.8. The molecule has 1 saturated heterocycles. The Bertz CT molecular complexity index is 688. The van der Waals surface area contributed by atoms with Gasteiger partial charge in [0.15, 0.2) is 0 Å². The van der Waals surface area contributed by atoms with Crippen LogP contribution in [-0.4, -0.2) is 40.9 Å². The van der Waals surface area contributed by atoms with Crippen LogP contribution in [0.5, 0.6) is 0 Å². The minimum atomic E-state index is -4.33. The summed E-state index contributed by atoms with van der Waals surface area (Å²) in [6.07, 6.45) is -4.33. The summed E-state index contributed by atoms with van der Waals surface area (Å²) in [5.74, 6) is 0.883.